The lowest BCUT2D eigenvalue weighted by Crippen LogP contribution is -2.30. The zero-order valence-electron chi connectivity index (χ0n) is 54.4. The first-order chi connectivity index (χ1) is 41.0. The highest BCUT2D eigenvalue weighted by Crippen LogP contribution is 2.17. The van der Waals surface area contributed by atoms with Crippen molar-refractivity contribution in [2.24, 2.45) is 0 Å². The molecule has 0 bridgehead atoms. The van der Waals surface area contributed by atoms with Gasteiger partial charge in [0.1, 0.15) is 13.2 Å². The maximum absolute atomic E-state index is 12.9. The van der Waals surface area contributed by atoms with Crippen molar-refractivity contribution >= 4 is 17.9 Å². The molecule has 0 aromatic rings. The van der Waals surface area contributed by atoms with Crippen molar-refractivity contribution in [3.05, 3.63) is 122 Å². The molecule has 0 radical (unpaired) electrons. The Hall–Kier alpha value is -4.19. The predicted octanol–water partition coefficient (Wildman–Crippen LogP) is 24.3. The molecule has 0 saturated carbocycles. The van der Waals surface area contributed by atoms with E-state index in [2.05, 4.69) is 142 Å². The molecule has 0 rings (SSSR count). The van der Waals surface area contributed by atoms with Gasteiger partial charge in [0.05, 0.1) is 0 Å². The van der Waals surface area contributed by atoms with E-state index < -0.39 is 6.10 Å². The van der Waals surface area contributed by atoms with Gasteiger partial charge in [0, 0.05) is 19.3 Å². The van der Waals surface area contributed by atoms with E-state index in [4.69, 9.17) is 14.2 Å². The predicted molar refractivity (Wildman–Crippen MR) is 362 cm³/mol. The van der Waals surface area contributed by atoms with Crippen molar-refractivity contribution in [2.45, 2.75) is 335 Å². The Morgan fingerprint density at radius 1 is 0.253 bits per heavy atom. The zero-order chi connectivity index (χ0) is 59.9. The number of unbranched alkanes of at least 4 members (excludes halogenated alkanes) is 32. The molecule has 0 aliphatic carbocycles. The second-order valence-corrected chi connectivity index (χ2v) is 23.1. The van der Waals surface area contributed by atoms with Crippen LogP contribution in [-0.4, -0.2) is 37.2 Å². The quantitative estimate of drug-likeness (QED) is 0.0261. The largest absolute Gasteiger partial charge is 0.462 e. The molecule has 0 amide bonds. The summed E-state index contributed by atoms with van der Waals surface area (Å²) in [6.07, 6.45) is 97.8. The molecular formula is C77H130O6. The molecule has 474 valence electrons. The fourth-order valence-electron chi connectivity index (χ4n) is 9.73. The van der Waals surface area contributed by atoms with E-state index in [1.54, 1.807) is 0 Å². The van der Waals surface area contributed by atoms with Crippen molar-refractivity contribution < 1.29 is 28.6 Å². The van der Waals surface area contributed by atoms with Gasteiger partial charge < -0.3 is 14.2 Å². The van der Waals surface area contributed by atoms with Crippen LogP contribution < -0.4 is 0 Å². The molecular weight excluding hydrogens is 1020 g/mol. The number of rotatable bonds is 63. The third-order valence-corrected chi connectivity index (χ3v) is 15.0. The number of carbonyl (C=O) groups excluding carboxylic acids is 3. The third kappa shape index (κ3) is 68.5. The Balaban J connectivity index is 4.41. The lowest BCUT2D eigenvalue weighted by atomic mass is 10.0. The molecule has 1 unspecified atom stereocenters. The Bertz CT molecular complexity index is 1700. The summed E-state index contributed by atoms with van der Waals surface area (Å²) in [5.74, 6) is -0.915. The van der Waals surface area contributed by atoms with Gasteiger partial charge in [-0.25, -0.2) is 0 Å². The van der Waals surface area contributed by atoms with Gasteiger partial charge in [0.15, 0.2) is 6.10 Å². The van der Waals surface area contributed by atoms with Crippen LogP contribution >= 0.6 is 0 Å². The summed E-state index contributed by atoms with van der Waals surface area (Å²) in [5.41, 5.74) is 0. The molecule has 6 heteroatoms. The molecule has 6 nitrogen and oxygen atoms in total. The van der Waals surface area contributed by atoms with Gasteiger partial charge in [-0.3, -0.25) is 14.4 Å². The Labute approximate surface area is 513 Å². The molecule has 0 N–H and O–H groups in total. The highest BCUT2D eigenvalue weighted by molar-refractivity contribution is 5.71. The minimum atomic E-state index is -0.797. The second-order valence-electron chi connectivity index (χ2n) is 23.1. The second kappa shape index (κ2) is 70.3. The van der Waals surface area contributed by atoms with Crippen LogP contribution in [0.5, 0.6) is 0 Å². The topological polar surface area (TPSA) is 78.9 Å². The van der Waals surface area contributed by atoms with Gasteiger partial charge in [-0.15, -0.1) is 0 Å². The van der Waals surface area contributed by atoms with E-state index in [1.165, 1.54) is 167 Å². The van der Waals surface area contributed by atoms with E-state index in [0.717, 1.165) is 122 Å². The summed E-state index contributed by atoms with van der Waals surface area (Å²) in [5, 5.41) is 0. The first-order valence-electron chi connectivity index (χ1n) is 35.0. The van der Waals surface area contributed by atoms with E-state index in [0.29, 0.717) is 19.3 Å². The fourth-order valence-corrected chi connectivity index (χ4v) is 9.73. The van der Waals surface area contributed by atoms with Gasteiger partial charge in [0.25, 0.3) is 0 Å². The highest BCUT2D eigenvalue weighted by Gasteiger charge is 2.19. The molecule has 0 saturated heterocycles. The van der Waals surface area contributed by atoms with Crippen molar-refractivity contribution in [3.8, 4) is 0 Å². The van der Waals surface area contributed by atoms with Gasteiger partial charge in [-0.1, -0.05) is 316 Å². The highest BCUT2D eigenvalue weighted by atomic mass is 16.6. The standard InChI is InChI=1S/C77H130O6/c1-4-7-10-13-16-19-22-25-28-31-33-34-35-36-37-38-39-40-41-42-43-44-45-47-49-52-55-58-61-64-67-70-76(79)82-73-74(72-81-75(78)69-66-63-60-57-54-51-48-30-27-24-21-18-15-12-9-6-3)83-77(80)71-68-65-62-59-56-53-50-46-32-29-26-23-20-17-14-11-8-5-2/h7,10,16,19,25,28-29,32-34,36-37,39-40,42-43,45,47,52,55,74H,4-6,8-9,11-15,17-18,20-24,26-27,30-31,35,38,41,44,46,48-51,53-54,56-73H2,1-3H3/b10-7-,19-16-,28-25-,32-29-,34-33-,37-36-,40-39-,43-42-,47-45-,55-52-. The van der Waals surface area contributed by atoms with Gasteiger partial charge in [-0.2, -0.15) is 0 Å². The first-order valence-corrected chi connectivity index (χ1v) is 35.0. The van der Waals surface area contributed by atoms with Crippen LogP contribution in [0.2, 0.25) is 0 Å². The number of ether oxygens (including phenoxy) is 3. The van der Waals surface area contributed by atoms with Gasteiger partial charge in [0.2, 0.25) is 0 Å². The monoisotopic (exact) mass is 1150 g/mol. The smallest absolute Gasteiger partial charge is 0.306 e. The molecule has 0 aliphatic heterocycles. The average molecular weight is 1150 g/mol. The van der Waals surface area contributed by atoms with E-state index in [9.17, 15) is 14.4 Å². The average Bonchev–Trinajstić information content (AvgIpc) is 3.49. The lowest BCUT2D eigenvalue weighted by molar-refractivity contribution is -0.167. The number of carbonyl (C=O) groups is 3. The van der Waals surface area contributed by atoms with Crippen molar-refractivity contribution in [1.29, 1.82) is 0 Å². The number of esters is 3. The molecule has 0 aromatic heterocycles. The summed E-state index contributed by atoms with van der Waals surface area (Å²) >= 11 is 0. The van der Waals surface area contributed by atoms with E-state index >= 15 is 0 Å². The Morgan fingerprint density at radius 3 is 0.759 bits per heavy atom. The third-order valence-electron chi connectivity index (χ3n) is 15.0. The molecule has 0 aliphatic rings. The molecule has 1 atom stereocenters. The normalized spacial score (nSPS) is 12.9. The summed E-state index contributed by atoms with van der Waals surface area (Å²) in [7, 11) is 0. The zero-order valence-corrected chi connectivity index (χ0v) is 54.4. The SMILES string of the molecule is CC/C=C\C/C=C\C/C=C\C/C=C\C/C=C\C/C=C\C/C=C\C/C=C\C/C=C\CCCCCC(=O)OCC(COC(=O)CCCCCCCCCCCCCCCCCC)OC(=O)CCCCCCCCC/C=C\CCCCCCCCC. The van der Waals surface area contributed by atoms with Crippen LogP contribution in [0.25, 0.3) is 0 Å². The van der Waals surface area contributed by atoms with E-state index in [-0.39, 0.29) is 31.1 Å². The van der Waals surface area contributed by atoms with Crippen molar-refractivity contribution in [1.82, 2.24) is 0 Å². The molecule has 0 fully saturated rings. The minimum Gasteiger partial charge on any atom is -0.462 e. The summed E-state index contributed by atoms with van der Waals surface area (Å²) < 4.78 is 17.0. The van der Waals surface area contributed by atoms with E-state index in [1.807, 2.05) is 0 Å². The van der Waals surface area contributed by atoms with Crippen LogP contribution in [0.1, 0.15) is 329 Å². The van der Waals surface area contributed by atoms with Crippen LogP contribution in [-0.2, 0) is 28.6 Å². The Morgan fingerprint density at radius 2 is 0.470 bits per heavy atom. The maximum Gasteiger partial charge on any atom is 0.306 e. The first kappa shape index (κ1) is 78.8. The van der Waals surface area contributed by atoms with Gasteiger partial charge in [-0.05, 0) is 116 Å². The minimum absolute atomic E-state index is 0.0890. The summed E-state index contributed by atoms with van der Waals surface area (Å²) in [6.45, 7) is 6.53. The molecule has 0 aromatic carbocycles. The fraction of sp³-hybridized carbons (Fsp3) is 0.701. The van der Waals surface area contributed by atoms with Gasteiger partial charge >= 0.3 is 17.9 Å². The Kier molecular flexibility index (Phi) is 66.7. The van der Waals surface area contributed by atoms with Crippen molar-refractivity contribution in [3.63, 3.8) is 0 Å². The van der Waals surface area contributed by atoms with Crippen LogP contribution in [0.4, 0.5) is 0 Å². The van der Waals surface area contributed by atoms with Crippen LogP contribution in [0.3, 0.4) is 0 Å². The molecule has 0 spiro atoms. The lowest BCUT2D eigenvalue weighted by Gasteiger charge is -2.18. The molecule has 0 heterocycles. The maximum atomic E-state index is 12.9. The number of hydrogen-bond acceptors (Lipinski definition) is 6. The van der Waals surface area contributed by atoms with Crippen LogP contribution in [0, 0.1) is 0 Å². The molecule has 83 heavy (non-hydrogen) atoms. The number of hydrogen-bond donors (Lipinski definition) is 0. The summed E-state index contributed by atoms with van der Waals surface area (Å²) in [6, 6.07) is 0. The van der Waals surface area contributed by atoms with Crippen LogP contribution in [0.15, 0.2) is 122 Å². The number of allylic oxidation sites excluding steroid dienone is 20. The van der Waals surface area contributed by atoms with Crippen molar-refractivity contribution in [2.75, 3.05) is 13.2 Å². The summed E-state index contributed by atoms with van der Waals surface area (Å²) in [4.78, 5) is 38.4.